The molecule has 0 saturated heterocycles. The fraction of sp³-hybridized carbons (Fsp3) is 0.419. The molecule has 0 bridgehead atoms. The Labute approximate surface area is 243 Å². The van der Waals surface area contributed by atoms with Crippen LogP contribution in [0.15, 0.2) is 70.4 Å². The number of aromatic amines is 1. The standard InChI is InChI=1S/C31H38N4O7/c1-19-16-35(29(40)33-27(19)38)24-14-23(25(36)26(24)37)18-34(17-21-8-6-5-7-9-21)28(39)22-12-10-20(11-13-22)15-32-30(41)42-31(2,3)4/h5-13,16,23-26,36-37H,14-15,17-18H2,1-4H3,(H,32,41)(H,33,38,40)/t23-,24+,25+,26+/m0/s1. The maximum atomic E-state index is 13.7. The topological polar surface area (TPSA) is 154 Å². The number of hydrogen-bond donors (Lipinski definition) is 4. The number of rotatable bonds is 8. The highest BCUT2D eigenvalue weighted by Crippen LogP contribution is 2.35. The number of benzene rings is 2. The fourth-order valence-electron chi connectivity index (χ4n) is 5.13. The van der Waals surface area contributed by atoms with Gasteiger partial charge in [0, 0.05) is 42.9 Å². The van der Waals surface area contributed by atoms with Gasteiger partial charge >= 0.3 is 11.8 Å². The first-order valence-electron chi connectivity index (χ1n) is 13.9. The van der Waals surface area contributed by atoms with Gasteiger partial charge in [-0.1, -0.05) is 42.5 Å². The monoisotopic (exact) mass is 578 g/mol. The molecule has 4 N–H and O–H groups in total. The van der Waals surface area contributed by atoms with Crippen LogP contribution in [0.5, 0.6) is 0 Å². The quantitative estimate of drug-likeness (QED) is 0.320. The molecular formula is C31H38N4O7. The third kappa shape index (κ3) is 7.54. The number of aryl methyl sites for hydroxylation is 1. The number of ether oxygens (including phenoxy) is 1. The van der Waals surface area contributed by atoms with Gasteiger partial charge in [-0.25, -0.2) is 9.59 Å². The third-order valence-electron chi connectivity index (χ3n) is 7.27. The van der Waals surface area contributed by atoms with E-state index in [1.165, 1.54) is 10.8 Å². The number of H-pyrrole nitrogens is 1. The van der Waals surface area contributed by atoms with Crippen molar-refractivity contribution in [3.05, 3.63) is 104 Å². The molecule has 42 heavy (non-hydrogen) atoms. The number of aliphatic hydroxyl groups is 2. The van der Waals surface area contributed by atoms with Crippen molar-refractivity contribution in [1.82, 2.24) is 19.8 Å². The predicted octanol–water partition coefficient (Wildman–Crippen LogP) is 2.50. The van der Waals surface area contributed by atoms with E-state index < -0.39 is 47.1 Å². The average molecular weight is 579 g/mol. The highest BCUT2D eigenvalue weighted by Gasteiger charge is 2.44. The second-order valence-corrected chi connectivity index (χ2v) is 11.7. The maximum absolute atomic E-state index is 13.7. The SMILES string of the molecule is Cc1cn([C@@H]2C[C@@H](CN(Cc3ccccc3)C(=O)c3ccc(CNC(=O)OC(C)(C)C)cc3)[C@@H](O)[C@@H]2O)c(=O)[nH]c1=O. The van der Waals surface area contributed by atoms with E-state index in [1.54, 1.807) is 56.9 Å². The lowest BCUT2D eigenvalue weighted by atomic mass is 10.0. The summed E-state index contributed by atoms with van der Waals surface area (Å²) < 4.78 is 6.51. The lowest BCUT2D eigenvalue weighted by molar-refractivity contribution is -0.000572. The van der Waals surface area contributed by atoms with Gasteiger partial charge in [-0.05, 0) is 57.4 Å². The van der Waals surface area contributed by atoms with Crippen molar-refractivity contribution in [2.45, 2.75) is 71.1 Å². The summed E-state index contributed by atoms with van der Waals surface area (Å²) in [5.74, 6) is -0.804. The number of amides is 2. The minimum Gasteiger partial charge on any atom is -0.444 e. The van der Waals surface area contributed by atoms with Gasteiger partial charge in [-0.3, -0.25) is 19.1 Å². The van der Waals surface area contributed by atoms with Gasteiger partial charge in [0.25, 0.3) is 11.5 Å². The number of aromatic nitrogens is 2. The molecule has 4 rings (SSSR count). The number of nitrogens with one attached hydrogen (secondary N) is 2. The smallest absolute Gasteiger partial charge is 0.407 e. The minimum absolute atomic E-state index is 0.126. The molecule has 224 valence electrons. The Kier molecular flexibility index (Phi) is 9.33. The molecule has 3 aromatic rings. The van der Waals surface area contributed by atoms with Crippen molar-refractivity contribution in [1.29, 1.82) is 0 Å². The van der Waals surface area contributed by atoms with Crippen molar-refractivity contribution in [3.8, 4) is 0 Å². The lowest BCUT2D eigenvalue weighted by Gasteiger charge is -2.28. The Morgan fingerprint density at radius 1 is 1.02 bits per heavy atom. The Morgan fingerprint density at radius 3 is 2.33 bits per heavy atom. The Hall–Kier alpha value is -4.22. The van der Waals surface area contributed by atoms with Crippen LogP contribution in [0, 0.1) is 12.8 Å². The first-order chi connectivity index (χ1) is 19.8. The molecule has 2 aromatic carbocycles. The predicted molar refractivity (Wildman–Crippen MR) is 156 cm³/mol. The molecule has 0 aliphatic heterocycles. The van der Waals surface area contributed by atoms with Crippen LogP contribution >= 0.6 is 0 Å². The van der Waals surface area contributed by atoms with Gasteiger partial charge in [0.2, 0.25) is 0 Å². The van der Waals surface area contributed by atoms with Gasteiger partial charge in [0.15, 0.2) is 0 Å². The number of carbonyl (C=O) groups excluding carboxylic acids is 2. The highest BCUT2D eigenvalue weighted by atomic mass is 16.6. The average Bonchev–Trinajstić information content (AvgIpc) is 3.21. The molecule has 1 fully saturated rings. The molecule has 0 unspecified atom stereocenters. The summed E-state index contributed by atoms with van der Waals surface area (Å²) >= 11 is 0. The second-order valence-electron chi connectivity index (χ2n) is 11.7. The molecule has 11 nitrogen and oxygen atoms in total. The van der Waals surface area contributed by atoms with Crippen LogP contribution < -0.4 is 16.6 Å². The molecule has 1 aliphatic rings. The zero-order chi connectivity index (χ0) is 30.6. The van der Waals surface area contributed by atoms with E-state index in [2.05, 4.69) is 10.3 Å². The molecule has 1 heterocycles. The van der Waals surface area contributed by atoms with E-state index in [-0.39, 0.29) is 32.0 Å². The molecule has 1 saturated carbocycles. The van der Waals surface area contributed by atoms with Gasteiger partial charge in [0.1, 0.15) is 11.7 Å². The third-order valence-corrected chi connectivity index (χ3v) is 7.27. The number of nitrogens with zero attached hydrogens (tertiary/aromatic N) is 2. The maximum Gasteiger partial charge on any atom is 0.407 e. The van der Waals surface area contributed by atoms with Gasteiger partial charge in [-0.15, -0.1) is 0 Å². The summed E-state index contributed by atoms with van der Waals surface area (Å²) in [5, 5.41) is 24.5. The van der Waals surface area contributed by atoms with Gasteiger partial charge < -0.3 is 25.2 Å². The summed E-state index contributed by atoms with van der Waals surface area (Å²) in [7, 11) is 0. The number of hydrogen-bond acceptors (Lipinski definition) is 7. The van der Waals surface area contributed by atoms with E-state index in [0.717, 1.165) is 11.1 Å². The summed E-state index contributed by atoms with van der Waals surface area (Å²) in [6, 6.07) is 15.5. The van der Waals surface area contributed by atoms with Crippen LogP contribution in [0.25, 0.3) is 0 Å². The Morgan fingerprint density at radius 2 is 1.69 bits per heavy atom. The van der Waals surface area contributed by atoms with Crippen molar-refractivity contribution in [3.63, 3.8) is 0 Å². The van der Waals surface area contributed by atoms with E-state index in [4.69, 9.17) is 4.74 Å². The summed E-state index contributed by atoms with van der Waals surface area (Å²) in [4.78, 5) is 53.9. The first kappa shape index (κ1) is 30.7. The second kappa shape index (κ2) is 12.7. The van der Waals surface area contributed by atoms with E-state index in [0.29, 0.717) is 11.1 Å². The lowest BCUT2D eigenvalue weighted by Crippen LogP contribution is -2.40. The molecule has 11 heteroatoms. The zero-order valence-corrected chi connectivity index (χ0v) is 24.2. The Bertz CT molecular complexity index is 1510. The van der Waals surface area contributed by atoms with Crippen molar-refractivity contribution >= 4 is 12.0 Å². The molecule has 1 aromatic heterocycles. The van der Waals surface area contributed by atoms with Crippen LogP contribution in [0.2, 0.25) is 0 Å². The van der Waals surface area contributed by atoms with Crippen molar-refractivity contribution < 1.29 is 24.5 Å². The molecule has 1 aliphatic carbocycles. The molecule has 0 radical (unpaired) electrons. The largest absolute Gasteiger partial charge is 0.444 e. The van der Waals surface area contributed by atoms with Crippen LogP contribution in [-0.4, -0.2) is 61.0 Å². The van der Waals surface area contributed by atoms with E-state index in [9.17, 15) is 29.4 Å². The van der Waals surface area contributed by atoms with Crippen molar-refractivity contribution in [2.75, 3.05) is 6.54 Å². The molecule has 0 spiro atoms. The summed E-state index contributed by atoms with van der Waals surface area (Å²) in [6.07, 6.45) is -1.38. The number of alkyl carbamates (subject to hydrolysis) is 1. The van der Waals surface area contributed by atoms with Crippen molar-refractivity contribution in [2.24, 2.45) is 5.92 Å². The van der Waals surface area contributed by atoms with Crippen LogP contribution in [-0.2, 0) is 17.8 Å². The van der Waals surface area contributed by atoms with E-state index >= 15 is 0 Å². The Balaban J connectivity index is 1.51. The van der Waals surface area contributed by atoms with Crippen LogP contribution in [0.3, 0.4) is 0 Å². The molecule has 4 atom stereocenters. The molecule has 2 amide bonds. The molecular weight excluding hydrogens is 540 g/mol. The number of carbonyl (C=O) groups is 2. The number of aliphatic hydroxyl groups excluding tert-OH is 2. The minimum atomic E-state index is -1.26. The first-order valence-corrected chi connectivity index (χ1v) is 13.9. The van der Waals surface area contributed by atoms with Gasteiger partial charge in [0.05, 0.1) is 12.1 Å². The highest BCUT2D eigenvalue weighted by molar-refractivity contribution is 5.94. The zero-order valence-electron chi connectivity index (χ0n) is 24.2. The van der Waals surface area contributed by atoms with Crippen LogP contribution in [0.1, 0.15) is 60.3 Å². The van der Waals surface area contributed by atoms with E-state index in [1.807, 2.05) is 30.3 Å². The van der Waals surface area contributed by atoms with Gasteiger partial charge in [-0.2, -0.15) is 0 Å². The summed E-state index contributed by atoms with van der Waals surface area (Å²) in [5.41, 5.74) is 0.620. The summed E-state index contributed by atoms with van der Waals surface area (Å²) in [6.45, 7) is 7.53. The normalized spacial score (nSPS) is 20.2. The fourth-order valence-corrected chi connectivity index (χ4v) is 5.13. The van der Waals surface area contributed by atoms with Crippen LogP contribution in [0.4, 0.5) is 4.79 Å².